The van der Waals surface area contributed by atoms with Crippen molar-refractivity contribution in [1.82, 2.24) is 0 Å². The van der Waals surface area contributed by atoms with Crippen LogP contribution in [0.2, 0.25) is 0 Å². The van der Waals surface area contributed by atoms with Crippen LogP contribution in [0.15, 0.2) is 0 Å². The maximum Gasteiger partial charge on any atom is 0.0607 e. The molecule has 4 saturated carbocycles. The predicted molar refractivity (Wildman–Crippen MR) is 38.4 cm³/mol. The van der Waals surface area contributed by atoms with E-state index in [1.165, 1.54) is 6.42 Å². The molecule has 0 aliphatic heterocycles. The van der Waals surface area contributed by atoms with E-state index in [0.717, 1.165) is 11.8 Å². The van der Waals surface area contributed by atoms with Crippen LogP contribution in [0.4, 0.5) is 0 Å². The SMILES string of the molecule is C[C@H]1[C@H]2CC3[C@H]([C@@H]2O)[C@@]31C. The van der Waals surface area contributed by atoms with Crippen LogP contribution in [-0.2, 0) is 0 Å². The smallest absolute Gasteiger partial charge is 0.0607 e. The van der Waals surface area contributed by atoms with Crippen molar-refractivity contribution in [2.75, 3.05) is 0 Å². The Morgan fingerprint density at radius 3 is 2.30 bits per heavy atom. The molecule has 1 N–H and O–H groups in total. The van der Waals surface area contributed by atoms with Gasteiger partial charge in [0.2, 0.25) is 0 Å². The van der Waals surface area contributed by atoms with Crippen LogP contribution in [-0.4, -0.2) is 11.2 Å². The number of aliphatic hydroxyl groups excluding tert-OH is 1. The summed E-state index contributed by atoms with van der Waals surface area (Å²) in [5.74, 6) is 3.08. The molecule has 4 aliphatic rings. The number of aliphatic hydroxyl groups is 1. The van der Waals surface area contributed by atoms with Gasteiger partial charge in [-0.05, 0) is 35.5 Å². The fourth-order valence-corrected chi connectivity index (χ4v) is 3.97. The second kappa shape index (κ2) is 1.18. The third kappa shape index (κ3) is 0.298. The molecule has 56 valence electrons. The van der Waals surface area contributed by atoms with E-state index in [-0.39, 0.29) is 6.10 Å². The van der Waals surface area contributed by atoms with Gasteiger partial charge in [0, 0.05) is 0 Å². The maximum absolute atomic E-state index is 9.69. The average Bonchev–Trinajstić information content (AvgIpc) is 2.16. The largest absolute Gasteiger partial charge is 0.393 e. The fraction of sp³-hybridized carbons (Fsp3) is 1.00. The Hall–Kier alpha value is -0.0400. The summed E-state index contributed by atoms with van der Waals surface area (Å²) >= 11 is 0. The highest BCUT2D eigenvalue weighted by molar-refractivity contribution is 5.27. The van der Waals surface area contributed by atoms with Gasteiger partial charge in [0.15, 0.2) is 0 Å². The molecule has 0 aromatic heterocycles. The maximum atomic E-state index is 9.69. The first kappa shape index (κ1) is 5.59. The molecule has 0 heterocycles. The average molecular weight is 138 g/mol. The fourth-order valence-electron chi connectivity index (χ4n) is 3.97. The normalized spacial score (nSPS) is 76.5. The Balaban J connectivity index is 2.11. The molecule has 4 aliphatic carbocycles. The predicted octanol–water partition coefficient (Wildman–Crippen LogP) is 1.27. The van der Waals surface area contributed by atoms with E-state index in [0.29, 0.717) is 17.3 Å². The quantitative estimate of drug-likeness (QED) is 0.534. The van der Waals surface area contributed by atoms with E-state index in [2.05, 4.69) is 13.8 Å². The van der Waals surface area contributed by atoms with Gasteiger partial charge in [0.25, 0.3) is 0 Å². The summed E-state index contributed by atoms with van der Waals surface area (Å²) in [6.45, 7) is 4.68. The summed E-state index contributed by atoms with van der Waals surface area (Å²) in [4.78, 5) is 0. The van der Waals surface area contributed by atoms with Gasteiger partial charge in [-0.25, -0.2) is 0 Å². The third-order valence-electron chi connectivity index (χ3n) is 4.80. The van der Waals surface area contributed by atoms with Crippen molar-refractivity contribution >= 4 is 0 Å². The van der Waals surface area contributed by atoms with Crippen molar-refractivity contribution in [2.24, 2.45) is 29.1 Å². The summed E-state index contributed by atoms with van der Waals surface area (Å²) in [7, 11) is 0. The lowest BCUT2D eigenvalue weighted by Crippen LogP contribution is -2.14. The van der Waals surface area contributed by atoms with E-state index in [9.17, 15) is 5.11 Å². The highest BCUT2D eigenvalue weighted by atomic mass is 16.3. The summed E-state index contributed by atoms with van der Waals surface area (Å²) < 4.78 is 0. The molecular weight excluding hydrogens is 124 g/mol. The van der Waals surface area contributed by atoms with Gasteiger partial charge in [-0.15, -0.1) is 0 Å². The minimum atomic E-state index is 0.0741. The molecule has 4 bridgehead atoms. The van der Waals surface area contributed by atoms with Crippen molar-refractivity contribution < 1.29 is 5.11 Å². The number of hydrogen-bond donors (Lipinski definition) is 1. The zero-order valence-corrected chi connectivity index (χ0v) is 6.54. The highest BCUT2D eigenvalue weighted by Gasteiger charge is 2.79. The molecule has 0 aromatic carbocycles. The van der Waals surface area contributed by atoms with Gasteiger partial charge in [-0.1, -0.05) is 13.8 Å². The van der Waals surface area contributed by atoms with Gasteiger partial charge >= 0.3 is 0 Å². The van der Waals surface area contributed by atoms with Gasteiger partial charge in [-0.2, -0.15) is 0 Å². The molecule has 4 rings (SSSR count). The molecule has 0 radical (unpaired) electrons. The Labute approximate surface area is 61.4 Å². The number of hydrogen-bond acceptors (Lipinski definition) is 1. The Morgan fingerprint density at radius 2 is 2.20 bits per heavy atom. The molecule has 4 fully saturated rings. The van der Waals surface area contributed by atoms with E-state index < -0.39 is 0 Å². The van der Waals surface area contributed by atoms with E-state index >= 15 is 0 Å². The topological polar surface area (TPSA) is 20.2 Å². The first-order chi connectivity index (χ1) is 4.67. The van der Waals surface area contributed by atoms with Crippen LogP contribution in [0.25, 0.3) is 0 Å². The zero-order chi connectivity index (χ0) is 7.09. The second-order valence-electron chi connectivity index (χ2n) is 4.68. The number of rotatable bonds is 0. The van der Waals surface area contributed by atoms with Crippen molar-refractivity contribution in [1.29, 1.82) is 0 Å². The van der Waals surface area contributed by atoms with Crippen LogP contribution < -0.4 is 0 Å². The first-order valence-electron chi connectivity index (χ1n) is 4.35. The lowest BCUT2D eigenvalue weighted by Gasteiger charge is -2.13. The molecule has 0 spiro atoms. The van der Waals surface area contributed by atoms with Crippen LogP contribution in [0.1, 0.15) is 20.3 Å². The third-order valence-corrected chi connectivity index (χ3v) is 4.80. The minimum Gasteiger partial charge on any atom is -0.393 e. The zero-order valence-electron chi connectivity index (χ0n) is 6.54. The molecule has 1 heteroatoms. The molecule has 1 nitrogen and oxygen atoms in total. The van der Waals surface area contributed by atoms with Crippen molar-refractivity contribution in [3.63, 3.8) is 0 Å². The molecule has 0 aromatic rings. The summed E-state index contributed by atoms with van der Waals surface area (Å²) in [5, 5.41) is 9.69. The molecule has 0 saturated heterocycles. The van der Waals surface area contributed by atoms with Crippen molar-refractivity contribution in [2.45, 2.75) is 26.4 Å². The summed E-state index contributed by atoms with van der Waals surface area (Å²) in [5.41, 5.74) is 0.573. The van der Waals surface area contributed by atoms with E-state index in [1.807, 2.05) is 0 Å². The van der Waals surface area contributed by atoms with Gasteiger partial charge in [0.1, 0.15) is 0 Å². The standard InChI is InChI=1S/C9H14O/c1-4-5-3-6-7(8(5)10)9(4,6)2/h4-8,10H,3H2,1-2H3/t4-,5+,6?,7+,8+,9+/m0/s1. The first-order valence-corrected chi connectivity index (χ1v) is 4.35. The molecule has 6 atom stereocenters. The van der Waals surface area contributed by atoms with Crippen molar-refractivity contribution in [3.05, 3.63) is 0 Å². The summed E-state index contributed by atoms with van der Waals surface area (Å²) in [6.07, 6.45) is 1.40. The van der Waals surface area contributed by atoms with Gasteiger partial charge in [-0.3, -0.25) is 0 Å². The Kier molecular flexibility index (Phi) is 0.658. The van der Waals surface area contributed by atoms with Crippen LogP contribution in [0, 0.1) is 29.1 Å². The minimum absolute atomic E-state index is 0.0741. The molecule has 0 amide bonds. The molecule has 1 unspecified atom stereocenters. The lowest BCUT2D eigenvalue weighted by atomic mass is 9.93. The summed E-state index contributed by atoms with van der Waals surface area (Å²) in [6, 6.07) is 0. The van der Waals surface area contributed by atoms with Crippen LogP contribution >= 0.6 is 0 Å². The van der Waals surface area contributed by atoms with E-state index in [4.69, 9.17) is 0 Å². The van der Waals surface area contributed by atoms with Gasteiger partial charge in [0.05, 0.1) is 6.10 Å². The van der Waals surface area contributed by atoms with Crippen LogP contribution in [0.3, 0.4) is 0 Å². The van der Waals surface area contributed by atoms with Gasteiger partial charge < -0.3 is 5.11 Å². The van der Waals surface area contributed by atoms with E-state index in [1.54, 1.807) is 0 Å². The Morgan fingerprint density at radius 1 is 1.50 bits per heavy atom. The Bertz CT molecular complexity index is 193. The monoisotopic (exact) mass is 138 g/mol. The van der Waals surface area contributed by atoms with Crippen LogP contribution in [0.5, 0.6) is 0 Å². The molecular formula is C9H14O. The highest BCUT2D eigenvalue weighted by Crippen LogP contribution is 2.81. The second-order valence-corrected chi connectivity index (χ2v) is 4.68. The lowest BCUT2D eigenvalue weighted by molar-refractivity contribution is 0.124. The van der Waals surface area contributed by atoms with Crippen molar-refractivity contribution in [3.8, 4) is 0 Å². The molecule has 10 heavy (non-hydrogen) atoms.